The van der Waals surface area contributed by atoms with Crippen LogP contribution < -0.4 is 4.74 Å². The van der Waals surface area contributed by atoms with Gasteiger partial charge in [-0.05, 0) is 25.0 Å². The molecule has 6 nitrogen and oxygen atoms in total. The van der Waals surface area contributed by atoms with Crippen LogP contribution in [0.5, 0.6) is 5.75 Å². The average molecular weight is 376 g/mol. The van der Waals surface area contributed by atoms with Crippen LogP contribution in [0.3, 0.4) is 0 Å². The summed E-state index contributed by atoms with van der Waals surface area (Å²) in [6.07, 6.45) is 1.34. The van der Waals surface area contributed by atoms with E-state index in [0.717, 1.165) is 0 Å². The number of halogens is 2. The number of carboxylic acids is 1. The summed E-state index contributed by atoms with van der Waals surface area (Å²) in [6, 6.07) is 4.88. The van der Waals surface area contributed by atoms with Crippen molar-refractivity contribution in [3.8, 4) is 5.75 Å². The average Bonchev–Trinajstić information content (AvgIpc) is 2.57. The zero-order chi connectivity index (χ0) is 17.5. The Morgan fingerprint density at radius 1 is 1.29 bits per heavy atom. The third-order valence-electron chi connectivity index (χ3n) is 3.75. The highest BCUT2D eigenvalue weighted by Crippen LogP contribution is 2.31. The Hall–Kier alpha value is -1.50. The van der Waals surface area contributed by atoms with Crippen LogP contribution in [0, 0.1) is 0 Å². The molecule has 1 aliphatic rings. The largest absolute Gasteiger partial charge is 0.491 e. The topological polar surface area (TPSA) is 76.1 Å². The minimum absolute atomic E-state index is 0.0630. The molecule has 0 saturated carbocycles. The van der Waals surface area contributed by atoms with Gasteiger partial charge in [0.25, 0.3) is 0 Å². The Balaban J connectivity index is 1.92. The maximum Gasteiger partial charge on any atom is 0.323 e. The third kappa shape index (κ3) is 5.26. The van der Waals surface area contributed by atoms with Gasteiger partial charge < -0.3 is 19.5 Å². The zero-order valence-electron chi connectivity index (χ0n) is 13.0. The number of amides is 1. The van der Waals surface area contributed by atoms with Gasteiger partial charge >= 0.3 is 5.97 Å². The van der Waals surface area contributed by atoms with E-state index in [1.165, 1.54) is 4.90 Å². The molecular formula is C16H19Cl2NO5. The first-order valence-corrected chi connectivity index (χ1v) is 8.40. The van der Waals surface area contributed by atoms with Crippen molar-refractivity contribution in [3.63, 3.8) is 0 Å². The molecule has 0 aliphatic carbocycles. The summed E-state index contributed by atoms with van der Waals surface area (Å²) >= 11 is 11.9. The van der Waals surface area contributed by atoms with Crippen LogP contribution in [0.2, 0.25) is 10.0 Å². The second-order valence-corrected chi connectivity index (χ2v) is 6.19. The van der Waals surface area contributed by atoms with E-state index in [9.17, 15) is 9.59 Å². The molecule has 1 amide bonds. The van der Waals surface area contributed by atoms with Crippen molar-refractivity contribution in [1.29, 1.82) is 0 Å². The van der Waals surface area contributed by atoms with E-state index >= 15 is 0 Å². The van der Waals surface area contributed by atoms with Gasteiger partial charge in [-0.1, -0.05) is 29.3 Å². The van der Waals surface area contributed by atoms with E-state index in [-0.39, 0.29) is 31.5 Å². The number of benzene rings is 1. The number of carbonyl (C=O) groups is 2. The third-order valence-corrected chi connectivity index (χ3v) is 4.55. The van der Waals surface area contributed by atoms with E-state index in [0.29, 0.717) is 41.9 Å². The Bertz CT molecular complexity index is 590. The Morgan fingerprint density at radius 2 is 2.00 bits per heavy atom. The van der Waals surface area contributed by atoms with Crippen molar-refractivity contribution in [2.45, 2.75) is 25.3 Å². The molecule has 1 fully saturated rings. The number of carbonyl (C=O) groups excluding carboxylic acids is 1. The minimum Gasteiger partial charge on any atom is -0.491 e. The van der Waals surface area contributed by atoms with Crippen molar-refractivity contribution in [2.24, 2.45) is 0 Å². The summed E-state index contributed by atoms with van der Waals surface area (Å²) in [6.45, 7) is 0.838. The van der Waals surface area contributed by atoms with Crippen LogP contribution in [0.4, 0.5) is 0 Å². The van der Waals surface area contributed by atoms with E-state index in [4.69, 9.17) is 37.8 Å². The number of nitrogens with zero attached hydrogens (tertiary/aromatic N) is 1. The van der Waals surface area contributed by atoms with Gasteiger partial charge in [0.2, 0.25) is 5.91 Å². The van der Waals surface area contributed by atoms with Crippen molar-refractivity contribution in [2.75, 3.05) is 26.4 Å². The molecule has 1 N–H and O–H groups in total. The second-order valence-electron chi connectivity index (χ2n) is 5.41. The first-order chi connectivity index (χ1) is 11.5. The van der Waals surface area contributed by atoms with Crippen LogP contribution in [0.25, 0.3) is 0 Å². The molecule has 0 unspecified atom stereocenters. The van der Waals surface area contributed by atoms with Crippen molar-refractivity contribution < 1.29 is 24.2 Å². The molecule has 1 aromatic carbocycles. The monoisotopic (exact) mass is 375 g/mol. The Labute approximate surface area is 150 Å². The van der Waals surface area contributed by atoms with Gasteiger partial charge in [0, 0.05) is 19.3 Å². The van der Waals surface area contributed by atoms with Crippen molar-refractivity contribution >= 4 is 35.1 Å². The SMILES string of the molecule is O=C(O)CN(C(=O)CCOc1cccc(Cl)c1Cl)C1CCOCC1. The van der Waals surface area contributed by atoms with Gasteiger partial charge in [-0.15, -0.1) is 0 Å². The minimum atomic E-state index is -1.03. The summed E-state index contributed by atoms with van der Waals surface area (Å²) in [5.41, 5.74) is 0. The van der Waals surface area contributed by atoms with E-state index < -0.39 is 5.97 Å². The first-order valence-electron chi connectivity index (χ1n) is 7.65. The standard InChI is InChI=1S/C16H19Cl2NO5/c17-12-2-1-3-13(16(12)18)24-9-6-14(20)19(10-15(21)22)11-4-7-23-8-5-11/h1-3,11H,4-10H2,(H,21,22). The van der Waals surface area contributed by atoms with Crippen LogP contribution in [0.1, 0.15) is 19.3 Å². The highest BCUT2D eigenvalue weighted by Gasteiger charge is 2.27. The fourth-order valence-electron chi connectivity index (χ4n) is 2.55. The quantitative estimate of drug-likeness (QED) is 0.792. The van der Waals surface area contributed by atoms with Crippen LogP contribution in [-0.4, -0.2) is 54.3 Å². The van der Waals surface area contributed by atoms with Crippen LogP contribution in [-0.2, 0) is 14.3 Å². The zero-order valence-corrected chi connectivity index (χ0v) is 14.6. The van der Waals surface area contributed by atoms with Crippen LogP contribution >= 0.6 is 23.2 Å². The summed E-state index contributed by atoms with van der Waals surface area (Å²) in [4.78, 5) is 24.8. The number of hydrogen-bond donors (Lipinski definition) is 1. The molecule has 132 valence electrons. The molecule has 8 heteroatoms. The van der Waals surface area contributed by atoms with Crippen LogP contribution in [0.15, 0.2) is 18.2 Å². The number of rotatable bonds is 7. The Morgan fingerprint density at radius 3 is 2.67 bits per heavy atom. The fraction of sp³-hybridized carbons (Fsp3) is 0.500. The maximum atomic E-state index is 12.4. The lowest BCUT2D eigenvalue weighted by Crippen LogP contribution is -2.46. The fourth-order valence-corrected chi connectivity index (χ4v) is 2.90. The highest BCUT2D eigenvalue weighted by molar-refractivity contribution is 6.42. The number of ether oxygens (including phenoxy) is 2. The maximum absolute atomic E-state index is 12.4. The molecule has 24 heavy (non-hydrogen) atoms. The molecule has 0 aromatic heterocycles. The highest BCUT2D eigenvalue weighted by atomic mass is 35.5. The lowest BCUT2D eigenvalue weighted by Gasteiger charge is -2.33. The molecule has 1 aromatic rings. The van der Waals surface area contributed by atoms with Gasteiger partial charge in [-0.2, -0.15) is 0 Å². The number of carboxylic acid groups (broad SMARTS) is 1. The predicted octanol–water partition coefficient (Wildman–Crippen LogP) is 2.85. The van der Waals surface area contributed by atoms with Gasteiger partial charge in [-0.25, -0.2) is 0 Å². The number of hydrogen-bond acceptors (Lipinski definition) is 4. The van der Waals surface area contributed by atoms with Gasteiger partial charge in [-0.3, -0.25) is 9.59 Å². The molecule has 1 saturated heterocycles. The van der Waals surface area contributed by atoms with Gasteiger partial charge in [0.05, 0.1) is 18.1 Å². The normalized spacial score (nSPS) is 15.1. The van der Waals surface area contributed by atoms with Gasteiger partial charge in [0.1, 0.15) is 17.3 Å². The van der Waals surface area contributed by atoms with Crippen molar-refractivity contribution in [1.82, 2.24) is 4.90 Å². The summed E-state index contributed by atoms with van der Waals surface area (Å²) in [7, 11) is 0. The van der Waals surface area contributed by atoms with Crippen molar-refractivity contribution in [3.05, 3.63) is 28.2 Å². The molecule has 1 aliphatic heterocycles. The molecule has 0 bridgehead atoms. The first kappa shape index (κ1) is 18.8. The van der Waals surface area contributed by atoms with E-state index in [1.54, 1.807) is 18.2 Å². The predicted molar refractivity (Wildman–Crippen MR) is 89.8 cm³/mol. The molecule has 2 rings (SSSR count). The summed E-state index contributed by atoms with van der Waals surface area (Å²) in [5.74, 6) is -0.899. The number of aliphatic carboxylic acids is 1. The molecule has 0 spiro atoms. The lowest BCUT2D eigenvalue weighted by atomic mass is 10.1. The Kier molecular flexibility index (Phi) is 7.15. The molecule has 0 radical (unpaired) electrons. The van der Waals surface area contributed by atoms with E-state index in [1.807, 2.05) is 0 Å². The van der Waals surface area contributed by atoms with E-state index in [2.05, 4.69) is 0 Å². The molecule has 1 heterocycles. The smallest absolute Gasteiger partial charge is 0.323 e. The molecular weight excluding hydrogens is 357 g/mol. The second kappa shape index (κ2) is 9.11. The van der Waals surface area contributed by atoms with Gasteiger partial charge in [0.15, 0.2) is 0 Å². The lowest BCUT2D eigenvalue weighted by molar-refractivity contribution is -0.148. The molecule has 0 atom stereocenters. The summed E-state index contributed by atoms with van der Waals surface area (Å²) < 4.78 is 10.8. The summed E-state index contributed by atoms with van der Waals surface area (Å²) in [5, 5.41) is 9.71.